The number of carboxylic acid groups (broad SMARTS) is 1. The molecule has 2 aromatic rings. The van der Waals surface area contributed by atoms with Gasteiger partial charge in [0.25, 0.3) is 0 Å². The molecule has 7 nitrogen and oxygen atoms in total. The molecule has 2 amide bonds. The van der Waals surface area contributed by atoms with Crippen LogP contribution in [-0.2, 0) is 14.3 Å². The Morgan fingerprint density at radius 3 is 2.11 bits per heavy atom. The molecule has 0 saturated heterocycles. The number of alkyl carbamates (subject to hydrolysis) is 1. The van der Waals surface area contributed by atoms with Crippen LogP contribution < -0.4 is 10.6 Å². The van der Waals surface area contributed by atoms with E-state index in [4.69, 9.17) is 4.74 Å². The van der Waals surface area contributed by atoms with E-state index in [1.165, 1.54) is 0 Å². The molecule has 1 fully saturated rings. The van der Waals surface area contributed by atoms with E-state index in [9.17, 15) is 19.5 Å². The molecule has 2 atom stereocenters. The molecule has 2 unspecified atom stereocenters. The van der Waals surface area contributed by atoms with E-state index >= 15 is 0 Å². The summed E-state index contributed by atoms with van der Waals surface area (Å²) in [6.07, 6.45) is 3.39. The van der Waals surface area contributed by atoms with Gasteiger partial charge in [-0.2, -0.15) is 0 Å². The zero-order valence-corrected chi connectivity index (χ0v) is 20.4. The number of hydrogen-bond donors (Lipinski definition) is 3. The molecule has 0 radical (unpaired) electrons. The lowest BCUT2D eigenvalue weighted by atomic mass is 9.80. The fraction of sp³-hybridized carbons (Fsp3) is 0.464. The van der Waals surface area contributed by atoms with Crippen LogP contribution in [0.5, 0.6) is 0 Å². The normalized spacial score (nSPS) is 18.0. The first-order valence-corrected chi connectivity index (χ1v) is 12.5. The average molecular weight is 479 g/mol. The lowest BCUT2D eigenvalue weighted by Gasteiger charge is -2.37. The van der Waals surface area contributed by atoms with Crippen molar-refractivity contribution in [2.24, 2.45) is 5.92 Å². The van der Waals surface area contributed by atoms with Crippen LogP contribution >= 0.6 is 0 Å². The van der Waals surface area contributed by atoms with E-state index < -0.39 is 29.6 Å². The molecule has 0 aromatic heterocycles. The fourth-order valence-corrected chi connectivity index (χ4v) is 5.36. The number of fused-ring (bicyclic) bond motifs is 3. The van der Waals surface area contributed by atoms with Gasteiger partial charge in [0.15, 0.2) is 0 Å². The molecule has 7 heteroatoms. The van der Waals surface area contributed by atoms with Crippen molar-refractivity contribution < 1.29 is 24.2 Å². The zero-order valence-electron chi connectivity index (χ0n) is 20.4. The summed E-state index contributed by atoms with van der Waals surface area (Å²) in [4.78, 5) is 38.1. The number of rotatable bonds is 8. The van der Waals surface area contributed by atoms with E-state index in [-0.39, 0.29) is 18.4 Å². The molecule has 2 aliphatic rings. The molecular formula is C28H34N2O5. The highest BCUT2D eigenvalue weighted by Gasteiger charge is 2.43. The second-order valence-corrected chi connectivity index (χ2v) is 9.77. The quantitative estimate of drug-likeness (QED) is 0.503. The van der Waals surface area contributed by atoms with E-state index in [1.54, 1.807) is 6.92 Å². The summed E-state index contributed by atoms with van der Waals surface area (Å²) in [7, 11) is 0. The Labute approximate surface area is 206 Å². The third-order valence-corrected chi connectivity index (χ3v) is 7.59. The monoisotopic (exact) mass is 478 g/mol. The number of ether oxygens (including phenoxy) is 1. The molecule has 4 rings (SSSR count). The topological polar surface area (TPSA) is 105 Å². The molecule has 3 N–H and O–H groups in total. The predicted molar refractivity (Wildman–Crippen MR) is 133 cm³/mol. The summed E-state index contributed by atoms with van der Waals surface area (Å²) in [5.41, 5.74) is 3.35. The largest absolute Gasteiger partial charge is 0.480 e. The van der Waals surface area contributed by atoms with Crippen LogP contribution in [0.4, 0.5) is 4.79 Å². The number of aliphatic carboxylic acids is 1. The second kappa shape index (κ2) is 10.5. The Bertz CT molecular complexity index is 1050. The standard InChI is InChI=1S/C28H34N2O5/c1-3-18(2)24(25(31)32)29-26(33)28(15-9-4-10-16-28)30-27(34)35-17-23-21-13-7-5-11-19(21)20-12-6-8-14-22(20)23/h5-8,11-14,18,23-24H,3-4,9-10,15-17H2,1-2H3,(H,29,33)(H,30,34)(H,31,32). The summed E-state index contributed by atoms with van der Waals surface area (Å²) < 4.78 is 5.69. The summed E-state index contributed by atoms with van der Waals surface area (Å²) >= 11 is 0. The molecule has 1 saturated carbocycles. The van der Waals surface area contributed by atoms with E-state index in [0.717, 1.165) is 41.5 Å². The Morgan fingerprint density at radius 1 is 1.00 bits per heavy atom. The molecule has 0 aliphatic heterocycles. The number of amides is 2. The van der Waals surface area contributed by atoms with Crippen LogP contribution in [0.3, 0.4) is 0 Å². The molecular weight excluding hydrogens is 444 g/mol. The zero-order chi connectivity index (χ0) is 25.0. The Kier molecular flexibility index (Phi) is 7.43. The molecule has 0 spiro atoms. The van der Waals surface area contributed by atoms with Gasteiger partial charge in [0.2, 0.25) is 5.91 Å². The minimum absolute atomic E-state index is 0.0777. The minimum atomic E-state index is -1.16. The number of carbonyl (C=O) groups excluding carboxylic acids is 2. The van der Waals surface area contributed by atoms with Crippen molar-refractivity contribution in [3.63, 3.8) is 0 Å². The lowest BCUT2D eigenvalue weighted by Crippen LogP contribution is -2.62. The summed E-state index contributed by atoms with van der Waals surface area (Å²) in [5.74, 6) is -1.82. The number of hydrogen-bond acceptors (Lipinski definition) is 4. The van der Waals surface area contributed by atoms with Gasteiger partial charge in [-0.25, -0.2) is 9.59 Å². The lowest BCUT2D eigenvalue weighted by molar-refractivity contribution is -0.144. The van der Waals surface area contributed by atoms with Crippen LogP contribution in [0, 0.1) is 5.92 Å². The molecule has 186 valence electrons. The van der Waals surface area contributed by atoms with Crippen molar-refractivity contribution in [1.82, 2.24) is 10.6 Å². The van der Waals surface area contributed by atoms with Crippen LogP contribution in [0.25, 0.3) is 11.1 Å². The van der Waals surface area contributed by atoms with Gasteiger partial charge in [0.1, 0.15) is 18.2 Å². The van der Waals surface area contributed by atoms with Crippen molar-refractivity contribution in [1.29, 1.82) is 0 Å². The second-order valence-electron chi connectivity index (χ2n) is 9.77. The molecule has 0 bridgehead atoms. The van der Waals surface area contributed by atoms with Crippen LogP contribution in [0.2, 0.25) is 0 Å². The van der Waals surface area contributed by atoms with Gasteiger partial charge in [-0.1, -0.05) is 88.1 Å². The van der Waals surface area contributed by atoms with Gasteiger partial charge in [0, 0.05) is 5.92 Å². The van der Waals surface area contributed by atoms with E-state index in [0.29, 0.717) is 19.3 Å². The third kappa shape index (κ3) is 5.04. The Balaban J connectivity index is 1.47. The van der Waals surface area contributed by atoms with Crippen molar-refractivity contribution in [3.05, 3.63) is 59.7 Å². The van der Waals surface area contributed by atoms with Gasteiger partial charge in [-0.3, -0.25) is 4.79 Å². The molecule has 2 aromatic carbocycles. The van der Waals surface area contributed by atoms with Crippen LogP contribution in [0.1, 0.15) is 69.4 Å². The predicted octanol–water partition coefficient (Wildman–Crippen LogP) is 4.84. The summed E-state index contributed by atoms with van der Waals surface area (Å²) in [6.45, 7) is 3.84. The van der Waals surface area contributed by atoms with Crippen molar-refractivity contribution in [2.45, 2.75) is 69.9 Å². The van der Waals surface area contributed by atoms with Crippen LogP contribution in [0.15, 0.2) is 48.5 Å². The average Bonchev–Trinajstić information content (AvgIpc) is 3.19. The fourth-order valence-electron chi connectivity index (χ4n) is 5.36. The first kappa shape index (κ1) is 24.8. The first-order chi connectivity index (χ1) is 16.9. The maximum absolute atomic E-state index is 13.3. The van der Waals surface area contributed by atoms with Crippen molar-refractivity contribution in [2.75, 3.05) is 6.61 Å². The third-order valence-electron chi connectivity index (χ3n) is 7.59. The summed E-state index contributed by atoms with van der Waals surface area (Å²) in [6, 6.07) is 15.2. The number of carboxylic acids is 1. The molecule has 2 aliphatic carbocycles. The Morgan fingerprint density at radius 2 is 1.57 bits per heavy atom. The Hall–Kier alpha value is -3.35. The number of nitrogens with one attached hydrogen (secondary N) is 2. The highest BCUT2D eigenvalue weighted by atomic mass is 16.5. The maximum Gasteiger partial charge on any atom is 0.408 e. The SMILES string of the molecule is CCC(C)C(NC(=O)C1(NC(=O)OCC2c3ccccc3-c3ccccc32)CCCCC1)C(=O)O. The highest BCUT2D eigenvalue weighted by Crippen LogP contribution is 2.44. The van der Waals surface area contributed by atoms with Crippen molar-refractivity contribution >= 4 is 18.0 Å². The maximum atomic E-state index is 13.3. The van der Waals surface area contributed by atoms with Gasteiger partial charge in [-0.15, -0.1) is 0 Å². The van der Waals surface area contributed by atoms with E-state index in [1.807, 2.05) is 31.2 Å². The van der Waals surface area contributed by atoms with Gasteiger partial charge >= 0.3 is 12.1 Å². The van der Waals surface area contributed by atoms with Gasteiger partial charge in [0.05, 0.1) is 0 Å². The van der Waals surface area contributed by atoms with Crippen molar-refractivity contribution in [3.8, 4) is 11.1 Å². The number of benzene rings is 2. The molecule has 35 heavy (non-hydrogen) atoms. The summed E-state index contributed by atoms with van der Waals surface area (Å²) in [5, 5.41) is 15.2. The first-order valence-electron chi connectivity index (χ1n) is 12.5. The van der Waals surface area contributed by atoms with Crippen LogP contribution in [-0.4, -0.2) is 41.3 Å². The molecule has 0 heterocycles. The van der Waals surface area contributed by atoms with E-state index in [2.05, 4.69) is 34.9 Å². The van der Waals surface area contributed by atoms with Gasteiger partial charge in [-0.05, 0) is 41.0 Å². The number of carbonyl (C=O) groups is 3. The minimum Gasteiger partial charge on any atom is -0.480 e. The van der Waals surface area contributed by atoms with Gasteiger partial charge < -0.3 is 20.5 Å². The highest BCUT2D eigenvalue weighted by molar-refractivity contribution is 5.93. The smallest absolute Gasteiger partial charge is 0.408 e.